The van der Waals surface area contributed by atoms with Crippen LogP contribution in [0.2, 0.25) is 0 Å². The summed E-state index contributed by atoms with van der Waals surface area (Å²) in [5.74, 6) is 0.674. The van der Waals surface area contributed by atoms with Gasteiger partial charge < -0.3 is 4.74 Å². The molecular weight excluding hydrogens is 400 g/mol. The highest BCUT2D eigenvalue weighted by molar-refractivity contribution is 5.94. The second-order valence-corrected chi connectivity index (χ2v) is 9.22. The SMILES string of the molecule is C(=C1\c2ccccc2[C@@H]2[C@@H]3c4ccccc4/C(=C\c4ccccc4)[C@H]3O[C@H]12)/c1ccccc1. The first-order valence-corrected chi connectivity index (χ1v) is 11.8. The Morgan fingerprint density at radius 2 is 0.848 bits per heavy atom. The van der Waals surface area contributed by atoms with E-state index in [1.807, 2.05) is 0 Å². The molecule has 1 heterocycles. The molecule has 2 aliphatic carbocycles. The van der Waals surface area contributed by atoms with E-state index in [0.717, 1.165) is 0 Å². The van der Waals surface area contributed by atoms with Crippen molar-refractivity contribution in [1.29, 1.82) is 0 Å². The maximum Gasteiger partial charge on any atom is 0.0915 e. The van der Waals surface area contributed by atoms with Crippen LogP contribution in [0.1, 0.15) is 45.2 Å². The van der Waals surface area contributed by atoms with E-state index >= 15 is 0 Å². The molecule has 1 nitrogen and oxygen atoms in total. The van der Waals surface area contributed by atoms with Gasteiger partial charge in [-0.1, -0.05) is 109 Å². The van der Waals surface area contributed by atoms with Crippen LogP contribution in [0.3, 0.4) is 0 Å². The number of benzene rings is 4. The summed E-state index contributed by atoms with van der Waals surface area (Å²) < 4.78 is 7.01. The van der Waals surface area contributed by atoms with E-state index in [1.165, 1.54) is 44.5 Å². The van der Waals surface area contributed by atoms with Gasteiger partial charge in [0.15, 0.2) is 0 Å². The summed E-state index contributed by atoms with van der Waals surface area (Å²) in [6.07, 6.45) is 4.81. The van der Waals surface area contributed by atoms with Gasteiger partial charge in [-0.2, -0.15) is 0 Å². The summed E-state index contributed by atoms with van der Waals surface area (Å²) in [4.78, 5) is 0. The number of rotatable bonds is 2. The average Bonchev–Trinajstić information content (AvgIpc) is 3.49. The third-order valence-electron chi connectivity index (χ3n) is 7.45. The van der Waals surface area contributed by atoms with Crippen molar-refractivity contribution in [1.82, 2.24) is 0 Å². The third kappa shape index (κ3) is 2.90. The van der Waals surface area contributed by atoms with Gasteiger partial charge in [-0.15, -0.1) is 0 Å². The highest BCUT2D eigenvalue weighted by Gasteiger charge is 2.56. The molecule has 0 saturated carbocycles. The van der Waals surface area contributed by atoms with Crippen LogP contribution in [0.25, 0.3) is 23.3 Å². The van der Waals surface area contributed by atoms with Crippen molar-refractivity contribution < 1.29 is 4.74 Å². The fraction of sp³-hybridized carbons (Fsp3) is 0.125. The summed E-state index contributed by atoms with van der Waals surface area (Å²) in [5, 5.41) is 0. The average molecular weight is 425 g/mol. The highest BCUT2D eigenvalue weighted by Crippen LogP contribution is 2.62. The minimum absolute atomic E-state index is 0.0742. The quantitative estimate of drug-likeness (QED) is 0.325. The van der Waals surface area contributed by atoms with Crippen molar-refractivity contribution in [2.45, 2.75) is 24.0 Å². The molecule has 1 heteroatoms. The molecule has 158 valence electrons. The van der Waals surface area contributed by atoms with Crippen molar-refractivity contribution >= 4 is 23.3 Å². The van der Waals surface area contributed by atoms with Gasteiger partial charge in [-0.25, -0.2) is 0 Å². The molecule has 4 aromatic rings. The molecular formula is C32H24O. The Hall–Kier alpha value is -3.68. The zero-order valence-electron chi connectivity index (χ0n) is 18.3. The van der Waals surface area contributed by atoms with Crippen LogP contribution in [-0.4, -0.2) is 12.2 Å². The van der Waals surface area contributed by atoms with Crippen LogP contribution in [0.5, 0.6) is 0 Å². The molecule has 1 fully saturated rings. The highest BCUT2D eigenvalue weighted by atomic mass is 16.5. The molecule has 0 N–H and O–H groups in total. The summed E-state index contributed by atoms with van der Waals surface area (Å²) in [7, 11) is 0. The van der Waals surface area contributed by atoms with E-state index < -0.39 is 0 Å². The minimum atomic E-state index is 0.0742. The van der Waals surface area contributed by atoms with Crippen molar-refractivity contribution in [2.75, 3.05) is 0 Å². The molecule has 33 heavy (non-hydrogen) atoms. The lowest BCUT2D eigenvalue weighted by Gasteiger charge is -2.17. The molecule has 4 atom stereocenters. The Balaban J connectivity index is 1.40. The lowest BCUT2D eigenvalue weighted by Crippen LogP contribution is -2.12. The summed E-state index contributed by atoms with van der Waals surface area (Å²) in [6.45, 7) is 0. The van der Waals surface area contributed by atoms with Crippen LogP contribution >= 0.6 is 0 Å². The Morgan fingerprint density at radius 3 is 1.30 bits per heavy atom. The largest absolute Gasteiger partial charge is 0.364 e. The molecule has 1 aliphatic heterocycles. The van der Waals surface area contributed by atoms with Crippen LogP contribution in [0.15, 0.2) is 109 Å². The zero-order valence-corrected chi connectivity index (χ0v) is 18.3. The smallest absolute Gasteiger partial charge is 0.0915 e. The Labute approximate surface area is 194 Å². The van der Waals surface area contributed by atoms with Crippen LogP contribution in [-0.2, 0) is 4.74 Å². The van der Waals surface area contributed by atoms with E-state index in [1.54, 1.807) is 0 Å². The Morgan fingerprint density at radius 1 is 0.455 bits per heavy atom. The van der Waals surface area contributed by atoms with Gasteiger partial charge in [0, 0.05) is 11.8 Å². The maximum absolute atomic E-state index is 7.01. The number of hydrogen-bond donors (Lipinski definition) is 0. The number of fused-ring (bicyclic) bond motifs is 7. The minimum Gasteiger partial charge on any atom is -0.364 e. The van der Waals surface area contributed by atoms with Gasteiger partial charge in [0.25, 0.3) is 0 Å². The molecule has 4 aromatic carbocycles. The normalized spacial score (nSPS) is 26.8. The van der Waals surface area contributed by atoms with Crippen LogP contribution in [0.4, 0.5) is 0 Å². The second-order valence-electron chi connectivity index (χ2n) is 9.22. The zero-order chi connectivity index (χ0) is 21.8. The van der Waals surface area contributed by atoms with Gasteiger partial charge in [0.2, 0.25) is 0 Å². The molecule has 0 unspecified atom stereocenters. The monoisotopic (exact) mass is 424 g/mol. The molecule has 0 aromatic heterocycles. The van der Waals surface area contributed by atoms with E-state index in [0.29, 0.717) is 11.8 Å². The van der Waals surface area contributed by atoms with E-state index in [2.05, 4.69) is 121 Å². The van der Waals surface area contributed by atoms with Gasteiger partial charge in [-0.05, 0) is 56.7 Å². The number of hydrogen-bond acceptors (Lipinski definition) is 1. The molecule has 0 radical (unpaired) electrons. The first-order valence-electron chi connectivity index (χ1n) is 11.8. The topological polar surface area (TPSA) is 9.23 Å². The van der Waals surface area contributed by atoms with Gasteiger partial charge in [0.1, 0.15) is 0 Å². The predicted molar refractivity (Wildman–Crippen MR) is 136 cm³/mol. The van der Waals surface area contributed by atoms with Crippen LogP contribution in [0, 0.1) is 0 Å². The van der Waals surface area contributed by atoms with E-state index in [4.69, 9.17) is 4.74 Å². The van der Waals surface area contributed by atoms with Crippen molar-refractivity contribution in [3.63, 3.8) is 0 Å². The van der Waals surface area contributed by atoms with Gasteiger partial charge in [0.05, 0.1) is 12.2 Å². The Bertz CT molecular complexity index is 1290. The molecule has 7 rings (SSSR count). The molecule has 0 amide bonds. The standard InChI is InChI=1S/C32H24O/c1-3-11-21(12-4-1)19-27-23-15-7-9-17-25(23)29-30-26-18-10-8-16-24(26)28(32(30)33-31(27)29)20-22-13-5-2-6-14-22/h1-20,29-32H/b27-19-,28-20+/t29-,30+,31-,32-/m1/s1. The van der Waals surface area contributed by atoms with E-state index in [-0.39, 0.29) is 12.2 Å². The van der Waals surface area contributed by atoms with Crippen LogP contribution < -0.4 is 0 Å². The van der Waals surface area contributed by atoms with Crippen molar-refractivity contribution in [2.24, 2.45) is 0 Å². The lowest BCUT2D eigenvalue weighted by molar-refractivity contribution is 0.110. The third-order valence-corrected chi connectivity index (χ3v) is 7.45. The summed E-state index contributed by atoms with van der Waals surface area (Å²) in [6, 6.07) is 39.1. The molecule has 3 aliphatic rings. The lowest BCUT2D eigenvalue weighted by atomic mass is 9.83. The maximum atomic E-state index is 7.01. The first kappa shape index (κ1) is 18.8. The Kier molecular flexibility index (Phi) is 4.25. The summed E-state index contributed by atoms with van der Waals surface area (Å²) in [5.41, 5.74) is 10.6. The number of ether oxygens (including phenoxy) is 1. The van der Waals surface area contributed by atoms with Crippen molar-refractivity contribution in [3.8, 4) is 0 Å². The van der Waals surface area contributed by atoms with E-state index in [9.17, 15) is 0 Å². The molecule has 0 spiro atoms. The van der Waals surface area contributed by atoms with Gasteiger partial charge in [-0.3, -0.25) is 0 Å². The van der Waals surface area contributed by atoms with Gasteiger partial charge >= 0.3 is 0 Å². The second kappa shape index (κ2) is 7.43. The summed E-state index contributed by atoms with van der Waals surface area (Å²) >= 11 is 0. The van der Waals surface area contributed by atoms with Crippen molar-refractivity contribution in [3.05, 3.63) is 143 Å². The molecule has 1 saturated heterocycles. The fourth-order valence-corrected chi connectivity index (χ4v) is 6.14. The fourth-order valence-electron chi connectivity index (χ4n) is 6.14. The predicted octanol–water partition coefficient (Wildman–Crippen LogP) is 7.43. The molecule has 0 bridgehead atoms. The first-order chi connectivity index (χ1) is 16.4.